The molecule has 186 valence electrons. The van der Waals surface area contributed by atoms with Crippen molar-refractivity contribution in [3.63, 3.8) is 0 Å². The van der Waals surface area contributed by atoms with Crippen molar-refractivity contribution in [1.29, 1.82) is 0 Å². The average molecular weight is 463 g/mol. The summed E-state index contributed by atoms with van der Waals surface area (Å²) in [5.74, 6) is -0.668. The van der Waals surface area contributed by atoms with Crippen molar-refractivity contribution >= 4 is 0 Å². The molecule has 33 heavy (non-hydrogen) atoms. The van der Waals surface area contributed by atoms with Crippen LogP contribution in [0, 0.1) is 10.8 Å². The van der Waals surface area contributed by atoms with Gasteiger partial charge in [0.1, 0.15) is 0 Å². The summed E-state index contributed by atoms with van der Waals surface area (Å²) >= 11 is 0. The van der Waals surface area contributed by atoms with Crippen LogP contribution in [0.3, 0.4) is 0 Å². The number of aliphatic hydroxyl groups excluding tert-OH is 1. The van der Waals surface area contributed by atoms with Crippen LogP contribution in [0.5, 0.6) is 0 Å². The maximum absolute atomic E-state index is 9.28. The van der Waals surface area contributed by atoms with Gasteiger partial charge in [-0.05, 0) is 42.1 Å². The lowest BCUT2D eigenvalue weighted by Crippen LogP contribution is -2.43. The molecule has 0 bridgehead atoms. The monoisotopic (exact) mass is 462 g/mol. The van der Waals surface area contributed by atoms with Crippen LogP contribution < -0.4 is 0 Å². The summed E-state index contributed by atoms with van der Waals surface area (Å²) in [6.07, 6.45) is 8.34. The van der Waals surface area contributed by atoms with Crippen molar-refractivity contribution in [3.05, 3.63) is 35.9 Å². The Kier molecular flexibility index (Phi) is 8.14. The number of ether oxygens (including phenoxy) is 5. The van der Waals surface area contributed by atoms with Gasteiger partial charge in [0.2, 0.25) is 0 Å². The molecule has 2 saturated carbocycles. The Bertz CT molecular complexity index is 727. The third-order valence-electron chi connectivity index (χ3n) is 7.64. The van der Waals surface area contributed by atoms with E-state index in [4.69, 9.17) is 23.7 Å². The molecule has 6 heteroatoms. The van der Waals surface area contributed by atoms with Crippen molar-refractivity contribution < 1.29 is 28.8 Å². The lowest BCUT2D eigenvalue weighted by atomic mass is 9.73. The first-order valence-corrected chi connectivity index (χ1v) is 12.7. The van der Waals surface area contributed by atoms with E-state index in [1.54, 1.807) is 0 Å². The van der Waals surface area contributed by atoms with Crippen molar-refractivity contribution in [1.82, 2.24) is 0 Å². The third-order valence-corrected chi connectivity index (χ3v) is 7.64. The normalized spacial score (nSPS) is 32.6. The van der Waals surface area contributed by atoms with E-state index < -0.39 is 0 Å². The zero-order chi connectivity index (χ0) is 23.3. The molecular weight excluding hydrogens is 420 g/mol. The van der Waals surface area contributed by atoms with Gasteiger partial charge in [-0.2, -0.15) is 0 Å². The topological polar surface area (TPSA) is 66.4 Å². The maximum Gasteiger partial charge on any atom is 0.169 e. The van der Waals surface area contributed by atoms with E-state index in [0.717, 1.165) is 64.8 Å². The Morgan fingerprint density at radius 2 is 1.27 bits per heavy atom. The second-order valence-corrected chi connectivity index (χ2v) is 11.0. The van der Waals surface area contributed by atoms with E-state index in [1.165, 1.54) is 12.0 Å². The van der Waals surface area contributed by atoms with E-state index in [1.807, 2.05) is 6.07 Å². The minimum absolute atomic E-state index is 0.00257. The number of benzene rings is 1. The molecule has 2 aliphatic heterocycles. The molecule has 1 aromatic rings. The largest absolute Gasteiger partial charge is 0.396 e. The van der Waals surface area contributed by atoms with E-state index in [2.05, 4.69) is 38.1 Å². The van der Waals surface area contributed by atoms with Crippen LogP contribution in [-0.2, 0) is 30.3 Å². The number of hydrogen-bond acceptors (Lipinski definition) is 6. The van der Waals surface area contributed by atoms with Crippen LogP contribution in [0.2, 0.25) is 0 Å². The fourth-order valence-corrected chi connectivity index (χ4v) is 5.96. The SMILES string of the molecule is CC1(CO)CCCC2(C1)OCCO2.CC1(COCc2ccccc2)CCCC2(C1)OCCO2. The van der Waals surface area contributed by atoms with Gasteiger partial charge in [-0.15, -0.1) is 0 Å². The molecule has 4 aliphatic rings. The van der Waals surface area contributed by atoms with Gasteiger partial charge in [-0.3, -0.25) is 0 Å². The molecule has 2 saturated heterocycles. The van der Waals surface area contributed by atoms with Gasteiger partial charge >= 0.3 is 0 Å². The quantitative estimate of drug-likeness (QED) is 0.676. The van der Waals surface area contributed by atoms with Crippen LogP contribution in [-0.4, -0.2) is 56.3 Å². The number of hydrogen-bond donors (Lipinski definition) is 1. The van der Waals surface area contributed by atoms with Gasteiger partial charge in [0.25, 0.3) is 0 Å². The smallest absolute Gasteiger partial charge is 0.169 e. The molecule has 2 heterocycles. The first kappa shape index (κ1) is 25.1. The Hall–Kier alpha value is -1.02. The molecule has 2 spiro atoms. The molecule has 2 atom stereocenters. The molecule has 2 unspecified atom stereocenters. The molecule has 4 fully saturated rings. The van der Waals surface area contributed by atoms with E-state index in [-0.39, 0.29) is 29.0 Å². The van der Waals surface area contributed by atoms with E-state index >= 15 is 0 Å². The van der Waals surface area contributed by atoms with Crippen LogP contribution in [0.1, 0.15) is 70.8 Å². The fraction of sp³-hybridized carbons (Fsp3) is 0.778. The summed E-state index contributed by atoms with van der Waals surface area (Å²) < 4.78 is 29.0. The summed E-state index contributed by atoms with van der Waals surface area (Å²) in [6.45, 7) is 9.00. The minimum atomic E-state index is -0.351. The molecule has 1 N–H and O–H groups in total. The van der Waals surface area contributed by atoms with Crippen molar-refractivity contribution in [2.24, 2.45) is 10.8 Å². The van der Waals surface area contributed by atoms with Gasteiger partial charge in [-0.1, -0.05) is 44.2 Å². The van der Waals surface area contributed by atoms with Crippen molar-refractivity contribution in [3.8, 4) is 0 Å². The predicted molar refractivity (Wildman–Crippen MR) is 126 cm³/mol. The summed E-state index contributed by atoms with van der Waals surface area (Å²) in [5, 5.41) is 9.28. The standard InChI is InChI=1S/C17H24O3.C10H18O3/c1-16(14-18-12-15-6-3-2-4-7-15)8-5-9-17(13-16)19-10-11-20-17;1-9(8-11)3-2-4-10(7-9)12-5-6-13-10/h2-4,6-7H,5,8-14H2,1H3;11H,2-8H2,1H3. The Balaban J connectivity index is 0.000000172. The highest BCUT2D eigenvalue weighted by atomic mass is 16.7. The molecule has 1 aromatic carbocycles. The van der Waals surface area contributed by atoms with Gasteiger partial charge < -0.3 is 28.8 Å². The van der Waals surface area contributed by atoms with Gasteiger partial charge in [0.15, 0.2) is 11.6 Å². The maximum atomic E-state index is 9.28. The first-order valence-electron chi connectivity index (χ1n) is 12.7. The number of aliphatic hydroxyl groups is 1. The Labute approximate surface area is 198 Å². The van der Waals surface area contributed by atoms with Gasteiger partial charge in [0, 0.05) is 32.3 Å². The zero-order valence-electron chi connectivity index (χ0n) is 20.5. The van der Waals surface area contributed by atoms with Crippen LogP contribution in [0.25, 0.3) is 0 Å². The first-order chi connectivity index (χ1) is 15.9. The average Bonchev–Trinajstić information content (AvgIpc) is 3.44. The molecule has 6 nitrogen and oxygen atoms in total. The highest BCUT2D eigenvalue weighted by molar-refractivity contribution is 5.13. The number of rotatable bonds is 5. The molecule has 2 aliphatic carbocycles. The molecular formula is C27H42O6. The third kappa shape index (κ3) is 6.56. The highest BCUT2D eigenvalue weighted by Crippen LogP contribution is 2.46. The van der Waals surface area contributed by atoms with Crippen LogP contribution >= 0.6 is 0 Å². The summed E-state index contributed by atoms with van der Waals surface area (Å²) in [4.78, 5) is 0. The predicted octanol–water partition coefficient (Wildman–Crippen LogP) is 4.83. The lowest BCUT2D eigenvalue weighted by molar-refractivity contribution is -0.206. The summed E-state index contributed by atoms with van der Waals surface area (Å²) in [5.41, 5.74) is 1.40. The second kappa shape index (κ2) is 10.7. The second-order valence-electron chi connectivity index (χ2n) is 11.0. The van der Waals surface area contributed by atoms with Gasteiger partial charge in [0.05, 0.1) is 39.6 Å². The van der Waals surface area contributed by atoms with Crippen LogP contribution in [0.15, 0.2) is 30.3 Å². The zero-order valence-corrected chi connectivity index (χ0v) is 20.5. The highest BCUT2D eigenvalue weighted by Gasteiger charge is 2.47. The summed E-state index contributed by atoms with van der Waals surface area (Å²) in [7, 11) is 0. The molecule has 0 amide bonds. The van der Waals surface area contributed by atoms with E-state index in [9.17, 15) is 5.11 Å². The minimum Gasteiger partial charge on any atom is -0.396 e. The fourth-order valence-electron chi connectivity index (χ4n) is 5.96. The molecule has 5 rings (SSSR count). The van der Waals surface area contributed by atoms with Crippen molar-refractivity contribution in [2.45, 2.75) is 83.4 Å². The summed E-state index contributed by atoms with van der Waals surface area (Å²) in [6, 6.07) is 10.3. The Morgan fingerprint density at radius 1 is 0.758 bits per heavy atom. The molecule has 0 radical (unpaired) electrons. The van der Waals surface area contributed by atoms with Gasteiger partial charge in [-0.25, -0.2) is 0 Å². The Morgan fingerprint density at radius 3 is 1.82 bits per heavy atom. The molecule has 0 aromatic heterocycles. The lowest BCUT2D eigenvalue weighted by Gasteiger charge is -2.42. The van der Waals surface area contributed by atoms with E-state index in [0.29, 0.717) is 19.8 Å². The van der Waals surface area contributed by atoms with Crippen molar-refractivity contribution in [2.75, 3.05) is 39.6 Å². The van der Waals surface area contributed by atoms with Crippen LogP contribution in [0.4, 0.5) is 0 Å².